The minimum Gasteiger partial charge on any atom is -0.493 e. The van der Waals surface area contributed by atoms with Crippen LogP contribution in [0.3, 0.4) is 0 Å². The van der Waals surface area contributed by atoms with E-state index in [9.17, 15) is 8.42 Å². The summed E-state index contributed by atoms with van der Waals surface area (Å²) in [5, 5.41) is 0. The fraction of sp³-hybridized carbons (Fsp3) is 0.400. The molecule has 0 atom stereocenters. The first-order valence-corrected chi connectivity index (χ1v) is 5.81. The van der Waals surface area contributed by atoms with Crippen molar-refractivity contribution in [1.29, 1.82) is 0 Å². The van der Waals surface area contributed by atoms with Crippen LogP contribution in [-0.2, 0) is 10.7 Å². The topological polar surface area (TPSA) is 43.4 Å². The maximum Gasteiger partial charge on any atom is 0.168 e. The van der Waals surface area contributed by atoms with Gasteiger partial charge in [0.1, 0.15) is 5.75 Å². The van der Waals surface area contributed by atoms with Crippen LogP contribution in [0.15, 0.2) is 29.2 Å². The van der Waals surface area contributed by atoms with Crippen molar-refractivity contribution < 1.29 is 13.2 Å². The summed E-state index contributed by atoms with van der Waals surface area (Å²) in [4.78, 5) is 0.313. The predicted octanol–water partition coefficient (Wildman–Crippen LogP) is 1.45. The molecule has 0 bridgehead atoms. The summed E-state index contributed by atoms with van der Waals surface area (Å²) in [5.41, 5.74) is 0. The molecule has 76 valence electrons. The lowest BCUT2D eigenvalue weighted by Crippen LogP contribution is -1.98. The molecule has 1 aromatic carbocycles. The Kier molecular flexibility index (Phi) is 2.72. The molecule has 0 aliphatic heterocycles. The third kappa shape index (κ3) is 2.48. The minimum absolute atomic E-state index is 0.313. The van der Waals surface area contributed by atoms with E-state index in [0.29, 0.717) is 23.2 Å². The lowest BCUT2D eigenvalue weighted by atomic mass is 10.3. The molecule has 1 aliphatic rings. The van der Waals surface area contributed by atoms with E-state index in [-0.39, 0.29) is 0 Å². The smallest absolute Gasteiger partial charge is 0.168 e. The minimum atomic E-state index is -2.50. The van der Waals surface area contributed by atoms with Gasteiger partial charge in [0.2, 0.25) is 0 Å². The summed E-state index contributed by atoms with van der Waals surface area (Å²) in [6, 6.07) is 6.61. The average molecular weight is 212 g/mol. The van der Waals surface area contributed by atoms with Gasteiger partial charge in [-0.2, -0.15) is 0 Å². The molecule has 0 heterocycles. The van der Waals surface area contributed by atoms with Crippen LogP contribution in [0.25, 0.3) is 0 Å². The third-order valence-electron chi connectivity index (χ3n) is 2.21. The zero-order valence-corrected chi connectivity index (χ0v) is 8.57. The Balaban J connectivity index is 2.04. The first-order chi connectivity index (χ1) is 6.75. The number of thiol groups is 1. The molecular weight excluding hydrogens is 200 g/mol. The van der Waals surface area contributed by atoms with Crippen molar-refractivity contribution in [2.24, 2.45) is 5.92 Å². The second-order valence-corrected chi connectivity index (χ2v) is 4.54. The number of hydrogen-bond acceptors (Lipinski definition) is 3. The molecule has 4 heteroatoms. The van der Waals surface area contributed by atoms with Gasteiger partial charge in [-0.3, -0.25) is 0 Å². The van der Waals surface area contributed by atoms with Crippen molar-refractivity contribution in [3.8, 4) is 5.75 Å². The SMILES string of the molecule is O=[SH](=O)c1cccc(OCC2CC2)c1. The Labute approximate surface area is 84.7 Å². The Morgan fingerprint density at radius 3 is 2.79 bits per heavy atom. The van der Waals surface area contributed by atoms with Gasteiger partial charge >= 0.3 is 0 Å². The van der Waals surface area contributed by atoms with Gasteiger partial charge in [-0.1, -0.05) is 6.07 Å². The molecular formula is C10H12O3S. The van der Waals surface area contributed by atoms with Crippen LogP contribution in [0, 0.1) is 5.92 Å². The molecule has 0 aromatic heterocycles. The number of ether oxygens (including phenoxy) is 1. The molecule has 1 fully saturated rings. The molecule has 1 aromatic rings. The van der Waals surface area contributed by atoms with Crippen LogP contribution < -0.4 is 4.74 Å². The summed E-state index contributed by atoms with van der Waals surface area (Å²) >= 11 is 0. The third-order valence-corrected chi connectivity index (χ3v) is 2.91. The Morgan fingerprint density at radius 2 is 2.14 bits per heavy atom. The largest absolute Gasteiger partial charge is 0.493 e. The van der Waals surface area contributed by atoms with Crippen molar-refractivity contribution in [3.05, 3.63) is 24.3 Å². The maximum atomic E-state index is 10.7. The highest BCUT2D eigenvalue weighted by Crippen LogP contribution is 2.29. The van der Waals surface area contributed by atoms with Crippen molar-refractivity contribution in [3.63, 3.8) is 0 Å². The molecule has 0 saturated heterocycles. The fourth-order valence-corrected chi connectivity index (χ4v) is 1.63. The lowest BCUT2D eigenvalue weighted by molar-refractivity contribution is 0.299. The van der Waals surface area contributed by atoms with E-state index in [1.54, 1.807) is 24.3 Å². The van der Waals surface area contributed by atoms with Crippen LogP contribution in [-0.4, -0.2) is 15.0 Å². The molecule has 0 spiro atoms. The molecule has 1 saturated carbocycles. The maximum absolute atomic E-state index is 10.7. The zero-order chi connectivity index (χ0) is 9.97. The Morgan fingerprint density at radius 1 is 1.36 bits per heavy atom. The van der Waals surface area contributed by atoms with E-state index in [0.717, 1.165) is 0 Å². The van der Waals surface area contributed by atoms with E-state index >= 15 is 0 Å². The highest BCUT2D eigenvalue weighted by molar-refractivity contribution is 7.72. The molecule has 0 radical (unpaired) electrons. The Hall–Kier alpha value is -1.03. The van der Waals surface area contributed by atoms with Gasteiger partial charge in [-0.15, -0.1) is 0 Å². The molecule has 0 unspecified atom stereocenters. The van der Waals surface area contributed by atoms with Crippen LogP contribution in [0.5, 0.6) is 5.75 Å². The van der Waals surface area contributed by atoms with Crippen molar-refractivity contribution in [1.82, 2.24) is 0 Å². The fourth-order valence-electron chi connectivity index (χ4n) is 1.19. The van der Waals surface area contributed by atoms with Gasteiger partial charge in [0, 0.05) is 0 Å². The van der Waals surface area contributed by atoms with Crippen molar-refractivity contribution in [2.75, 3.05) is 6.61 Å². The molecule has 3 nitrogen and oxygen atoms in total. The predicted molar refractivity (Wildman–Crippen MR) is 53.2 cm³/mol. The number of rotatable bonds is 4. The average Bonchev–Trinajstić information content (AvgIpc) is 2.99. The Bertz CT molecular complexity index is 386. The molecule has 0 amide bonds. The van der Waals surface area contributed by atoms with Gasteiger partial charge in [0.25, 0.3) is 0 Å². The van der Waals surface area contributed by atoms with Gasteiger partial charge < -0.3 is 4.74 Å². The standard InChI is InChI=1S/C10H12O3S/c11-14(12)10-3-1-2-9(6-10)13-7-8-4-5-8/h1-3,6,8,14H,4-5,7H2. The van der Waals surface area contributed by atoms with Crippen molar-refractivity contribution >= 4 is 10.7 Å². The summed E-state index contributed by atoms with van der Waals surface area (Å²) in [5.74, 6) is 1.33. The summed E-state index contributed by atoms with van der Waals surface area (Å²) in [6.07, 6.45) is 2.46. The summed E-state index contributed by atoms with van der Waals surface area (Å²) in [7, 11) is -2.50. The molecule has 2 rings (SSSR count). The van der Waals surface area contributed by atoms with E-state index in [2.05, 4.69) is 0 Å². The van der Waals surface area contributed by atoms with Gasteiger partial charge in [-0.05, 0) is 37.0 Å². The monoisotopic (exact) mass is 212 g/mol. The molecule has 0 N–H and O–H groups in total. The zero-order valence-electron chi connectivity index (χ0n) is 7.68. The summed E-state index contributed by atoms with van der Waals surface area (Å²) < 4.78 is 26.8. The quantitative estimate of drug-likeness (QED) is 0.768. The molecule has 14 heavy (non-hydrogen) atoms. The van der Waals surface area contributed by atoms with E-state index in [4.69, 9.17) is 4.74 Å². The van der Waals surface area contributed by atoms with E-state index in [1.807, 2.05) is 0 Å². The van der Waals surface area contributed by atoms with E-state index in [1.165, 1.54) is 12.8 Å². The highest BCUT2D eigenvalue weighted by atomic mass is 32.2. The van der Waals surface area contributed by atoms with Crippen LogP contribution in [0.4, 0.5) is 0 Å². The first kappa shape index (κ1) is 9.52. The number of hydrogen-bond donors (Lipinski definition) is 1. The first-order valence-electron chi connectivity index (χ1n) is 4.63. The van der Waals surface area contributed by atoms with Crippen molar-refractivity contribution in [2.45, 2.75) is 17.7 Å². The van der Waals surface area contributed by atoms with E-state index < -0.39 is 10.7 Å². The highest BCUT2D eigenvalue weighted by Gasteiger charge is 2.21. The van der Waals surface area contributed by atoms with Gasteiger partial charge in [-0.25, -0.2) is 8.42 Å². The molecule has 1 aliphatic carbocycles. The van der Waals surface area contributed by atoms with Crippen LogP contribution >= 0.6 is 0 Å². The van der Waals surface area contributed by atoms with Crippen LogP contribution in [0.1, 0.15) is 12.8 Å². The van der Waals surface area contributed by atoms with Gasteiger partial charge in [0.05, 0.1) is 11.5 Å². The normalized spacial score (nSPS) is 15.8. The van der Waals surface area contributed by atoms with Gasteiger partial charge in [0.15, 0.2) is 10.7 Å². The summed E-state index contributed by atoms with van der Waals surface area (Å²) in [6.45, 7) is 0.707. The second kappa shape index (κ2) is 4.00. The second-order valence-electron chi connectivity index (χ2n) is 3.51. The lowest BCUT2D eigenvalue weighted by Gasteiger charge is -2.04. The number of benzene rings is 1. The van der Waals surface area contributed by atoms with Crippen LogP contribution in [0.2, 0.25) is 0 Å².